The molecule has 1 aromatic heterocycles. The van der Waals surface area contributed by atoms with Gasteiger partial charge < -0.3 is 15.4 Å². The van der Waals surface area contributed by atoms with Crippen LogP contribution < -0.4 is 15.4 Å². The van der Waals surface area contributed by atoms with E-state index in [1.807, 2.05) is 50.4 Å². The van der Waals surface area contributed by atoms with E-state index in [0.717, 1.165) is 10.4 Å². The van der Waals surface area contributed by atoms with Crippen LogP contribution in [0.4, 0.5) is 0 Å². The topological polar surface area (TPSA) is 67.4 Å². The second-order valence-corrected chi connectivity index (χ2v) is 7.14. The van der Waals surface area contributed by atoms with Gasteiger partial charge in [0.2, 0.25) is 5.91 Å². The highest BCUT2D eigenvalue weighted by molar-refractivity contribution is 7.10. The maximum atomic E-state index is 12.4. The molecule has 0 aliphatic heterocycles. The molecule has 6 heteroatoms. The van der Waals surface area contributed by atoms with Crippen LogP contribution in [-0.4, -0.2) is 24.5 Å². The van der Waals surface area contributed by atoms with Crippen molar-refractivity contribution < 1.29 is 14.3 Å². The number of rotatable bonds is 8. The molecule has 0 fully saturated rings. The minimum absolute atomic E-state index is 0.0230. The summed E-state index contributed by atoms with van der Waals surface area (Å²) in [6.07, 6.45) is 0. The average molecular weight is 360 g/mol. The first-order valence-corrected chi connectivity index (χ1v) is 9.13. The van der Waals surface area contributed by atoms with Crippen LogP contribution in [0.2, 0.25) is 0 Å². The highest BCUT2D eigenvalue weighted by atomic mass is 32.1. The third-order valence-corrected chi connectivity index (χ3v) is 4.79. The van der Waals surface area contributed by atoms with Gasteiger partial charge in [-0.05, 0) is 42.0 Å². The molecule has 5 nitrogen and oxygen atoms in total. The Hall–Kier alpha value is -2.34. The van der Waals surface area contributed by atoms with Crippen molar-refractivity contribution in [3.8, 4) is 5.75 Å². The molecule has 1 unspecified atom stereocenters. The first kappa shape index (κ1) is 19.0. The van der Waals surface area contributed by atoms with E-state index in [4.69, 9.17) is 4.74 Å². The number of para-hydroxylation sites is 1. The van der Waals surface area contributed by atoms with Crippen molar-refractivity contribution >= 4 is 23.2 Å². The minimum atomic E-state index is -0.591. The van der Waals surface area contributed by atoms with Crippen molar-refractivity contribution in [2.75, 3.05) is 6.61 Å². The standard InChI is InChI=1S/C19H24N2O3S/c1-13(2)18(19(23)20-11-16-14(3)9-10-25-16)21-17(22)12-24-15-7-5-4-6-8-15/h4-10,13,18H,11-12H2,1-3H3,(H,20,23)(H,21,22). The van der Waals surface area contributed by atoms with E-state index in [9.17, 15) is 9.59 Å². The SMILES string of the molecule is Cc1ccsc1CNC(=O)C(NC(=O)COc1ccccc1)C(C)C. The predicted molar refractivity (Wildman–Crippen MR) is 99.6 cm³/mol. The fraction of sp³-hybridized carbons (Fsp3) is 0.368. The van der Waals surface area contributed by atoms with Crippen LogP contribution >= 0.6 is 11.3 Å². The van der Waals surface area contributed by atoms with Crippen LogP contribution in [0.15, 0.2) is 41.8 Å². The summed E-state index contributed by atoms with van der Waals surface area (Å²) in [6.45, 7) is 6.17. The summed E-state index contributed by atoms with van der Waals surface area (Å²) < 4.78 is 5.42. The Morgan fingerprint density at radius 3 is 2.48 bits per heavy atom. The third-order valence-electron chi connectivity index (χ3n) is 3.77. The molecule has 25 heavy (non-hydrogen) atoms. The predicted octanol–water partition coefficient (Wildman–Crippen LogP) is 2.89. The zero-order chi connectivity index (χ0) is 18.2. The van der Waals surface area contributed by atoms with Crippen LogP contribution in [0.5, 0.6) is 5.75 Å². The van der Waals surface area contributed by atoms with E-state index in [0.29, 0.717) is 12.3 Å². The molecule has 0 spiro atoms. The van der Waals surface area contributed by atoms with Gasteiger partial charge in [0, 0.05) is 4.88 Å². The van der Waals surface area contributed by atoms with Crippen molar-refractivity contribution in [2.45, 2.75) is 33.4 Å². The smallest absolute Gasteiger partial charge is 0.258 e. The molecular formula is C19H24N2O3S. The molecule has 0 bridgehead atoms. The molecule has 1 heterocycles. The van der Waals surface area contributed by atoms with E-state index in [2.05, 4.69) is 10.6 Å². The number of aryl methyl sites for hydroxylation is 1. The summed E-state index contributed by atoms with van der Waals surface area (Å²) in [7, 11) is 0. The van der Waals surface area contributed by atoms with Crippen LogP contribution in [0, 0.1) is 12.8 Å². The summed E-state index contributed by atoms with van der Waals surface area (Å²) >= 11 is 1.61. The van der Waals surface area contributed by atoms with E-state index in [-0.39, 0.29) is 24.3 Å². The molecular weight excluding hydrogens is 336 g/mol. The van der Waals surface area contributed by atoms with Crippen molar-refractivity contribution in [1.29, 1.82) is 0 Å². The second kappa shape index (κ2) is 9.22. The van der Waals surface area contributed by atoms with Crippen molar-refractivity contribution in [2.24, 2.45) is 5.92 Å². The number of hydrogen-bond donors (Lipinski definition) is 2. The van der Waals surface area contributed by atoms with Gasteiger partial charge in [0.1, 0.15) is 11.8 Å². The maximum absolute atomic E-state index is 12.4. The van der Waals surface area contributed by atoms with Gasteiger partial charge >= 0.3 is 0 Å². The molecule has 1 aromatic carbocycles. The van der Waals surface area contributed by atoms with Gasteiger partial charge in [-0.1, -0.05) is 32.0 Å². The van der Waals surface area contributed by atoms with Gasteiger partial charge in [0.05, 0.1) is 6.54 Å². The summed E-state index contributed by atoms with van der Waals surface area (Å²) in [6, 6.07) is 10.5. The van der Waals surface area contributed by atoms with E-state index >= 15 is 0 Å². The molecule has 0 radical (unpaired) electrons. The van der Waals surface area contributed by atoms with E-state index < -0.39 is 6.04 Å². The number of ether oxygens (including phenoxy) is 1. The lowest BCUT2D eigenvalue weighted by molar-refractivity contribution is -0.131. The number of benzene rings is 1. The van der Waals surface area contributed by atoms with Crippen LogP contribution in [-0.2, 0) is 16.1 Å². The fourth-order valence-corrected chi connectivity index (χ4v) is 3.12. The van der Waals surface area contributed by atoms with Gasteiger partial charge in [-0.25, -0.2) is 0 Å². The van der Waals surface area contributed by atoms with Crippen molar-refractivity contribution in [1.82, 2.24) is 10.6 Å². The zero-order valence-corrected chi connectivity index (χ0v) is 15.6. The summed E-state index contributed by atoms with van der Waals surface area (Å²) in [5.74, 6) is 0.0994. The Bertz CT molecular complexity index is 698. The first-order valence-electron chi connectivity index (χ1n) is 8.25. The molecule has 2 aromatic rings. The Morgan fingerprint density at radius 2 is 1.88 bits per heavy atom. The summed E-state index contributed by atoms with van der Waals surface area (Å²) in [4.78, 5) is 25.7. The monoisotopic (exact) mass is 360 g/mol. The van der Waals surface area contributed by atoms with Crippen LogP contribution in [0.1, 0.15) is 24.3 Å². The van der Waals surface area contributed by atoms with Gasteiger partial charge in [0.15, 0.2) is 6.61 Å². The molecule has 2 rings (SSSR count). The Kier molecular flexibility index (Phi) is 7.01. The number of nitrogens with one attached hydrogen (secondary N) is 2. The van der Waals surface area contributed by atoms with Gasteiger partial charge in [-0.15, -0.1) is 11.3 Å². The Morgan fingerprint density at radius 1 is 1.16 bits per heavy atom. The number of amides is 2. The zero-order valence-electron chi connectivity index (χ0n) is 14.7. The fourth-order valence-electron chi connectivity index (χ4n) is 2.28. The molecule has 0 saturated carbocycles. The second-order valence-electron chi connectivity index (χ2n) is 6.14. The number of thiophene rings is 1. The first-order chi connectivity index (χ1) is 12.0. The number of carbonyl (C=O) groups is 2. The largest absolute Gasteiger partial charge is 0.484 e. The average Bonchev–Trinajstić information content (AvgIpc) is 3.01. The van der Waals surface area contributed by atoms with Crippen molar-refractivity contribution in [3.05, 3.63) is 52.2 Å². The Labute approximate surface area is 152 Å². The molecule has 2 N–H and O–H groups in total. The molecule has 134 valence electrons. The molecule has 1 atom stereocenters. The number of carbonyl (C=O) groups excluding carboxylic acids is 2. The lowest BCUT2D eigenvalue weighted by Gasteiger charge is -2.21. The van der Waals surface area contributed by atoms with Crippen molar-refractivity contribution in [3.63, 3.8) is 0 Å². The lowest BCUT2D eigenvalue weighted by atomic mass is 10.0. The van der Waals surface area contributed by atoms with E-state index in [1.165, 1.54) is 0 Å². The Balaban J connectivity index is 1.85. The molecule has 0 saturated heterocycles. The van der Waals surface area contributed by atoms with Gasteiger partial charge in [-0.3, -0.25) is 9.59 Å². The summed E-state index contributed by atoms with van der Waals surface area (Å²) in [5, 5.41) is 7.66. The van der Waals surface area contributed by atoms with Gasteiger partial charge in [0.25, 0.3) is 5.91 Å². The minimum Gasteiger partial charge on any atom is -0.484 e. The lowest BCUT2D eigenvalue weighted by Crippen LogP contribution is -2.50. The van der Waals surface area contributed by atoms with Crippen LogP contribution in [0.3, 0.4) is 0 Å². The molecule has 0 aliphatic carbocycles. The molecule has 2 amide bonds. The van der Waals surface area contributed by atoms with Crippen LogP contribution in [0.25, 0.3) is 0 Å². The summed E-state index contributed by atoms with van der Waals surface area (Å²) in [5.41, 5.74) is 1.16. The van der Waals surface area contributed by atoms with E-state index in [1.54, 1.807) is 23.5 Å². The number of hydrogen-bond acceptors (Lipinski definition) is 4. The third kappa shape index (κ3) is 5.90. The normalized spacial score (nSPS) is 11.8. The quantitative estimate of drug-likeness (QED) is 0.761. The highest BCUT2D eigenvalue weighted by Gasteiger charge is 2.24. The molecule has 0 aliphatic rings. The van der Waals surface area contributed by atoms with Gasteiger partial charge in [-0.2, -0.15) is 0 Å². The maximum Gasteiger partial charge on any atom is 0.258 e. The highest BCUT2D eigenvalue weighted by Crippen LogP contribution is 2.15.